The van der Waals surface area contributed by atoms with Crippen LogP contribution in [-0.2, 0) is 28.7 Å². The van der Waals surface area contributed by atoms with Gasteiger partial charge in [0.2, 0.25) is 17.7 Å². The van der Waals surface area contributed by atoms with Crippen molar-refractivity contribution in [3.8, 4) is 0 Å². The molecule has 1 N–H and O–H groups in total. The van der Waals surface area contributed by atoms with Gasteiger partial charge in [-0.1, -0.05) is 68.7 Å². The molecule has 10 heteroatoms. The summed E-state index contributed by atoms with van der Waals surface area (Å²) < 4.78 is 13.0. The van der Waals surface area contributed by atoms with Crippen molar-refractivity contribution in [3.63, 3.8) is 0 Å². The summed E-state index contributed by atoms with van der Waals surface area (Å²) in [6, 6.07) is 8.01. The number of nitrogens with zero attached hydrogens (tertiary/aromatic N) is 3. The van der Waals surface area contributed by atoms with E-state index in [1.165, 1.54) is 0 Å². The van der Waals surface area contributed by atoms with Crippen molar-refractivity contribution in [2.24, 2.45) is 11.8 Å². The third-order valence-electron chi connectivity index (χ3n) is 10.4. The monoisotopic (exact) mass is 665 g/mol. The Bertz CT molecular complexity index is 1290. The molecule has 264 valence electrons. The fourth-order valence-electron chi connectivity index (χ4n) is 7.78. The largest absolute Gasteiger partial charge is 0.455 e. The minimum absolute atomic E-state index is 0.0873. The van der Waals surface area contributed by atoms with Crippen LogP contribution in [0, 0.1) is 11.8 Å². The minimum atomic E-state index is -1.12. The van der Waals surface area contributed by atoms with Gasteiger partial charge in [-0.25, -0.2) is 0 Å². The standard InChI is InChI=1S/C38H55N3O7/c1-6-9-20-30(43)39(5)27(4)33(28-18-14-13-15-19-28)47-37(46)31-29-21-22-38(48-29)32(31)35(44)41(25-16-11-12-17-26-42)34(38)36(45)40(23-8-3)24-10-7-2/h6,8,13-15,18-19,27,29,31-34,42H,1,3,7,9-12,16-17,20-26H2,2,4-5H3/t27-,29-,31+,32+,33+,34-,38+/m1/s1. The van der Waals surface area contributed by atoms with E-state index in [1.807, 2.05) is 37.3 Å². The molecule has 3 fully saturated rings. The smallest absolute Gasteiger partial charge is 0.313 e. The lowest BCUT2D eigenvalue weighted by Gasteiger charge is -2.37. The quantitative estimate of drug-likeness (QED) is 0.121. The van der Waals surface area contributed by atoms with E-state index in [2.05, 4.69) is 20.1 Å². The lowest BCUT2D eigenvalue weighted by molar-refractivity contribution is -0.164. The van der Waals surface area contributed by atoms with Crippen molar-refractivity contribution in [1.29, 1.82) is 0 Å². The molecule has 7 atom stereocenters. The second-order valence-electron chi connectivity index (χ2n) is 13.5. The molecule has 0 radical (unpaired) electrons. The second-order valence-corrected chi connectivity index (χ2v) is 13.5. The first kappa shape index (κ1) is 37.3. The number of rotatable bonds is 20. The number of fused-ring (bicyclic) bond motifs is 1. The molecular weight excluding hydrogens is 610 g/mol. The van der Waals surface area contributed by atoms with E-state index in [0.717, 1.165) is 31.2 Å². The van der Waals surface area contributed by atoms with E-state index in [-0.39, 0.29) is 24.3 Å². The van der Waals surface area contributed by atoms with Crippen LogP contribution in [0.4, 0.5) is 0 Å². The van der Waals surface area contributed by atoms with Gasteiger partial charge in [0.05, 0.1) is 24.0 Å². The maximum Gasteiger partial charge on any atom is 0.313 e. The summed E-state index contributed by atoms with van der Waals surface area (Å²) in [6.45, 7) is 12.9. The summed E-state index contributed by atoms with van der Waals surface area (Å²) in [7, 11) is 1.71. The van der Waals surface area contributed by atoms with E-state index < -0.39 is 47.7 Å². The number of amides is 3. The van der Waals surface area contributed by atoms with E-state index in [4.69, 9.17) is 9.47 Å². The Hall–Kier alpha value is -3.50. The van der Waals surface area contributed by atoms with Crippen LogP contribution in [0.2, 0.25) is 0 Å². The van der Waals surface area contributed by atoms with Gasteiger partial charge in [-0.2, -0.15) is 0 Å². The lowest BCUT2D eigenvalue weighted by Crippen LogP contribution is -2.56. The van der Waals surface area contributed by atoms with Crippen LogP contribution in [-0.4, -0.2) is 101 Å². The Kier molecular flexibility index (Phi) is 13.4. The number of ether oxygens (including phenoxy) is 2. The number of allylic oxidation sites excluding steroid dienone is 1. The van der Waals surface area contributed by atoms with E-state index >= 15 is 0 Å². The van der Waals surface area contributed by atoms with Gasteiger partial charge in [0.15, 0.2) is 0 Å². The Morgan fingerprint density at radius 2 is 1.85 bits per heavy atom. The number of likely N-dealkylation sites (N-methyl/N-ethyl adjacent to an activating group) is 1. The van der Waals surface area contributed by atoms with Gasteiger partial charge >= 0.3 is 5.97 Å². The van der Waals surface area contributed by atoms with Gasteiger partial charge in [0.1, 0.15) is 17.7 Å². The van der Waals surface area contributed by atoms with Crippen molar-refractivity contribution < 1.29 is 33.8 Å². The zero-order valence-electron chi connectivity index (χ0n) is 29.1. The molecule has 3 saturated heterocycles. The zero-order valence-corrected chi connectivity index (χ0v) is 29.1. The molecule has 1 aromatic rings. The fraction of sp³-hybridized carbons (Fsp3) is 0.632. The summed E-state index contributed by atoms with van der Waals surface area (Å²) >= 11 is 0. The fourth-order valence-corrected chi connectivity index (χ4v) is 7.78. The Morgan fingerprint density at radius 1 is 1.12 bits per heavy atom. The summed E-state index contributed by atoms with van der Waals surface area (Å²) in [5, 5.41) is 9.23. The number of carbonyl (C=O) groups excluding carboxylic acids is 4. The number of carbonyl (C=O) groups is 4. The molecule has 2 bridgehead atoms. The predicted molar refractivity (Wildman–Crippen MR) is 183 cm³/mol. The van der Waals surface area contributed by atoms with Crippen LogP contribution in [0.3, 0.4) is 0 Å². The van der Waals surface area contributed by atoms with Gasteiger partial charge < -0.3 is 29.3 Å². The van der Waals surface area contributed by atoms with Gasteiger partial charge in [-0.15, -0.1) is 13.2 Å². The van der Waals surface area contributed by atoms with E-state index in [1.54, 1.807) is 33.9 Å². The number of aliphatic hydroxyl groups excluding tert-OH is 1. The van der Waals surface area contributed by atoms with Crippen molar-refractivity contribution >= 4 is 23.7 Å². The number of unbranched alkanes of at least 4 members (excludes halogenated alkanes) is 4. The topological polar surface area (TPSA) is 117 Å². The highest BCUT2D eigenvalue weighted by Crippen LogP contribution is 2.59. The third-order valence-corrected chi connectivity index (χ3v) is 10.4. The highest BCUT2D eigenvalue weighted by Gasteiger charge is 2.75. The summed E-state index contributed by atoms with van der Waals surface area (Å²) in [5.74, 6) is -2.75. The van der Waals surface area contributed by atoms with Gasteiger partial charge in [-0.3, -0.25) is 19.2 Å². The maximum atomic E-state index is 14.4. The minimum Gasteiger partial charge on any atom is -0.455 e. The van der Waals surface area contributed by atoms with Crippen LogP contribution < -0.4 is 0 Å². The SMILES string of the molecule is C=CCCC(=O)N(C)[C@H](C)[C@H](OC(=O)[C@@H]1[C@H]2C(=O)N(CCCCCCO)[C@H](C(=O)N(CC=C)CCCC)[C@]23CC[C@H]1O3)c1ccccc1. The normalized spacial score (nSPS) is 25.3. The van der Waals surface area contributed by atoms with Crippen LogP contribution in [0.5, 0.6) is 0 Å². The number of aliphatic hydroxyl groups is 1. The first-order valence-corrected chi connectivity index (χ1v) is 17.8. The maximum absolute atomic E-state index is 14.4. The molecule has 0 unspecified atom stereocenters. The molecule has 1 aromatic carbocycles. The number of esters is 1. The van der Waals surface area contributed by atoms with Crippen molar-refractivity contribution in [1.82, 2.24) is 14.7 Å². The first-order valence-electron chi connectivity index (χ1n) is 17.8. The molecule has 1 spiro atoms. The van der Waals surface area contributed by atoms with Gasteiger partial charge in [0.25, 0.3) is 0 Å². The molecule has 3 heterocycles. The molecule has 0 aliphatic carbocycles. The van der Waals surface area contributed by atoms with E-state index in [0.29, 0.717) is 58.2 Å². The summed E-state index contributed by atoms with van der Waals surface area (Å²) in [5.41, 5.74) is -0.378. The molecule has 3 amide bonds. The average molecular weight is 666 g/mol. The van der Waals surface area contributed by atoms with Gasteiger partial charge in [-0.05, 0) is 51.0 Å². The van der Waals surface area contributed by atoms with Crippen LogP contribution in [0.1, 0.15) is 89.7 Å². The molecular formula is C38H55N3O7. The van der Waals surface area contributed by atoms with Crippen LogP contribution in [0.15, 0.2) is 55.6 Å². The molecule has 4 rings (SSSR count). The second kappa shape index (κ2) is 17.2. The number of hydrogen-bond acceptors (Lipinski definition) is 7. The molecule has 0 saturated carbocycles. The number of hydrogen-bond donors (Lipinski definition) is 1. The Labute approximate surface area is 286 Å². The average Bonchev–Trinajstić information content (AvgIpc) is 3.74. The van der Waals surface area contributed by atoms with Crippen LogP contribution in [0.25, 0.3) is 0 Å². The Balaban J connectivity index is 1.65. The molecule has 48 heavy (non-hydrogen) atoms. The zero-order chi connectivity index (χ0) is 34.8. The van der Waals surface area contributed by atoms with E-state index in [9.17, 15) is 24.3 Å². The van der Waals surface area contributed by atoms with Crippen LogP contribution >= 0.6 is 0 Å². The highest BCUT2D eigenvalue weighted by atomic mass is 16.6. The van der Waals surface area contributed by atoms with Crippen molar-refractivity contribution in [2.75, 3.05) is 33.3 Å². The number of benzene rings is 1. The van der Waals surface area contributed by atoms with Crippen molar-refractivity contribution in [2.45, 2.75) is 108 Å². The highest BCUT2D eigenvalue weighted by molar-refractivity contribution is 5.98. The molecule has 3 aliphatic rings. The number of likely N-dealkylation sites (tertiary alicyclic amines) is 1. The molecule has 0 aromatic heterocycles. The molecule has 3 aliphatic heterocycles. The van der Waals surface area contributed by atoms with Gasteiger partial charge in [0, 0.05) is 39.7 Å². The summed E-state index contributed by atoms with van der Waals surface area (Å²) in [6.07, 6.45) is 8.68. The first-order chi connectivity index (χ1) is 23.2. The predicted octanol–water partition coefficient (Wildman–Crippen LogP) is 4.83. The summed E-state index contributed by atoms with van der Waals surface area (Å²) in [4.78, 5) is 61.2. The van der Waals surface area contributed by atoms with Crippen molar-refractivity contribution in [3.05, 3.63) is 61.2 Å². The third kappa shape index (κ3) is 7.70. The Morgan fingerprint density at radius 3 is 2.52 bits per heavy atom. The molecule has 10 nitrogen and oxygen atoms in total. The lowest BCUT2D eigenvalue weighted by atomic mass is 9.70.